The number of hydrogen-bond donors (Lipinski definition) is 1. The molecule has 1 fully saturated rings. The van der Waals surface area contributed by atoms with Crippen molar-refractivity contribution in [2.45, 2.75) is 72.4 Å². The molecule has 2 atom stereocenters. The minimum atomic E-state index is 0.411. The molecule has 20 heavy (non-hydrogen) atoms. The summed E-state index contributed by atoms with van der Waals surface area (Å²) in [5.41, 5.74) is 0.425. The predicted octanol–water partition coefficient (Wildman–Crippen LogP) is 4.16. The molecule has 1 aromatic rings. The first-order chi connectivity index (χ1) is 9.60. The van der Waals surface area contributed by atoms with Gasteiger partial charge in [0.15, 0.2) is 0 Å². The van der Waals surface area contributed by atoms with E-state index < -0.39 is 0 Å². The Hall–Kier alpha value is -0.830. The molecule has 1 saturated carbocycles. The molecule has 0 spiro atoms. The maximum absolute atomic E-state index is 4.70. The topological polar surface area (TPSA) is 29.9 Å². The van der Waals surface area contributed by atoms with Crippen LogP contribution in [-0.4, -0.2) is 16.1 Å². The van der Waals surface area contributed by atoms with Crippen molar-refractivity contribution in [3.8, 4) is 0 Å². The van der Waals surface area contributed by atoms with Crippen molar-refractivity contribution in [3.63, 3.8) is 0 Å². The minimum absolute atomic E-state index is 0.411. The van der Waals surface area contributed by atoms with Crippen molar-refractivity contribution >= 4 is 0 Å². The van der Waals surface area contributed by atoms with Crippen LogP contribution in [0, 0.1) is 11.3 Å². The fraction of sp³-hybridized carbons (Fsp3) is 0.824. The summed E-state index contributed by atoms with van der Waals surface area (Å²) in [6.07, 6.45) is 10.5. The van der Waals surface area contributed by atoms with Gasteiger partial charge < -0.3 is 9.88 Å². The molecule has 3 heteroatoms. The van der Waals surface area contributed by atoms with Gasteiger partial charge in [-0.1, -0.05) is 34.1 Å². The Labute approximate surface area is 124 Å². The van der Waals surface area contributed by atoms with E-state index in [0.717, 1.165) is 19.5 Å². The number of aromatic nitrogens is 2. The fourth-order valence-electron chi connectivity index (χ4n) is 3.71. The molecule has 0 aromatic carbocycles. The van der Waals surface area contributed by atoms with Gasteiger partial charge in [-0.05, 0) is 43.6 Å². The quantitative estimate of drug-likeness (QED) is 0.811. The minimum Gasteiger partial charge on any atom is -0.334 e. The Morgan fingerprint density at radius 2 is 2.20 bits per heavy atom. The second kappa shape index (κ2) is 6.75. The van der Waals surface area contributed by atoms with Crippen LogP contribution >= 0.6 is 0 Å². The number of imidazole rings is 1. The van der Waals surface area contributed by atoms with Crippen LogP contribution in [0.2, 0.25) is 0 Å². The van der Waals surface area contributed by atoms with Crippen molar-refractivity contribution < 1.29 is 0 Å². The lowest BCUT2D eigenvalue weighted by Gasteiger charge is -2.34. The molecular weight excluding hydrogens is 246 g/mol. The number of nitrogens with zero attached hydrogens (tertiary/aromatic N) is 2. The van der Waals surface area contributed by atoms with E-state index in [1.807, 2.05) is 6.20 Å². The third-order valence-electron chi connectivity index (χ3n) is 4.85. The number of rotatable bonds is 7. The summed E-state index contributed by atoms with van der Waals surface area (Å²) < 4.78 is 2.35. The van der Waals surface area contributed by atoms with Gasteiger partial charge in [0.1, 0.15) is 5.82 Å². The van der Waals surface area contributed by atoms with Gasteiger partial charge in [0.05, 0.1) is 6.04 Å². The molecule has 0 saturated heterocycles. The second-order valence-corrected chi connectivity index (χ2v) is 6.90. The monoisotopic (exact) mass is 277 g/mol. The van der Waals surface area contributed by atoms with Crippen LogP contribution in [0.1, 0.15) is 71.7 Å². The van der Waals surface area contributed by atoms with Gasteiger partial charge in [-0.2, -0.15) is 0 Å². The Bertz CT molecular complexity index is 408. The first-order valence-electron chi connectivity index (χ1n) is 8.34. The third-order valence-corrected chi connectivity index (χ3v) is 4.85. The number of nitrogens with one attached hydrogen (secondary N) is 1. The lowest BCUT2D eigenvalue weighted by atomic mass is 9.77. The summed E-state index contributed by atoms with van der Waals surface area (Å²) in [5, 5.41) is 3.78. The summed E-state index contributed by atoms with van der Waals surface area (Å²) in [5.74, 6) is 1.95. The molecule has 114 valence electrons. The standard InChI is InChI=1S/C17H31N3/c1-5-10-18-15(14-8-7-9-17(14,3)4)16-19-11-13-20(16)12-6-2/h11,13-15,18H,5-10,12H2,1-4H3. The van der Waals surface area contributed by atoms with Crippen LogP contribution < -0.4 is 5.32 Å². The van der Waals surface area contributed by atoms with Crippen molar-refractivity contribution in [2.24, 2.45) is 11.3 Å². The van der Waals surface area contributed by atoms with E-state index in [1.165, 1.54) is 31.5 Å². The zero-order valence-electron chi connectivity index (χ0n) is 13.7. The molecule has 0 bridgehead atoms. The molecule has 0 aliphatic heterocycles. The molecule has 2 rings (SSSR count). The molecule has 3 nitrogen and oxygen atoms in total. The largest absolute Gasteiger partial charge is 0.334 e. The third kappa shape index (κ3) is 3.25. The average molecular weight is 277 g/mol. The molecule has 1 heterocycles. The van der Waals surface area contributed by atoms with Crippen molar-refractivity contribution in [1.29, 1.82) is 0 Å². The van der Waals surface area contributed by atoms with E-state index in [4.69, 9.17) is 4.98 Å². The van der Waals surface area contributed by atoms with Crippen molar-refractivity contribution in [2.75, 3.05) is 6.54 Å². The molecule has 0 radical (unpaired) electrons. The highest BCUT2D eigenvalue weighted by Crippen LogP contribution is 2.48. The molecule has 2 unspecified atom stereocenters. The summed E-state index contributed by atoms with van der Waals surface area (Å²) >= 11 is 0. The smallest absolute Gasteiger partial charge is 0.126 e. The van der Waals surface area contributed by atoms with E-state index in [1.54, 1.807) is 0 Å². The maximum Gasteiger partial charge on any atom is 0.126 e. The van der Waals surface area contributed by atoms with Gasteiger partial charge in [0.25, 0.3) is 0 Å². The lowest BCUT2D eigenvalue weighted by molar-refractivity contribution is 0.189. The van der Waals surface area contributed by atoms with Gasteiger partial charge in [-0.25, -0.2) is 4.98 Å². The van der Waals surface area contributed by atoms with Crippen LogP contribution in [0.3, 0.4) is 0 Å². The Balaban J connectivity index is 2.24. The summed E-state index contributed by atoms with van der Waals surface area (Å²) in [6, 6.07) is 0.411. The van der Waals surface area contributed by atoms with Gasteiger partial charge >= 0.3 is 0 Å². The highest BCUT2D eigenvalue weighted by atomic mass is 15.1. The van der Waals surface area contributed by atoms with E-state index in [0.29, 0.717) is 17.4 Å². The van der Waals surface area contributed by atoms with Crippen LogP contribution in [-0.2, 0) is 6.54 Å². The number of aryl methyl sites for hydroxylation is 1. The maximum atomic E-state index is 4.70. The first-order valence-corrected chi connectivity index (χ1v) is 8.34. The Morgan fingerprint density at radius 1 is 1.40 bits per heavy atom. The molecule has 1 aromatic heterocycles. The molecule has 1 aliphatic rings. The molecule has 0 amide bonds. The molecular formula is C17H31N3. The SMILES string of the molecule is CCCNC(c1nccn1CCC)C1CCCC1(C)C. The van der Waals surface area contributed by atoms with E-state index in [9.17, 15) is 0 Å². The van der Waals surface area contributed by atoms with Gasteiger partial charge in [0, 0.05) is 18.9 Å². The summed E-state index contributed by atoms with van der Waals surface area (Å²) in [6.45, 7) is 11.5. The molecule has 1 N–H and O–H groups in total. The van der Waals surface area contributed by atoms with Crippen LogP contribution in [0.15, 0.2) is 12.4 Å². The van der Waals surface area contributed by atoms with Gasteiger partial charge in [0.2, 0.25) is 0 Å². The highest BCUT2D eigenvalue weighted by molar-refractivity contribution is 5.06. The van der Waals surface area contributed by atoms with Crippen LogP contribution in [0.25, 0.3) is 0 Å². The summed E-state index contributed by atoms with van der Waals surface area (Å²) in [4.78, 5) is 4.70. The van der Waals surface area contributed by atoms with Crippen LogP contribution in [0.5, 0.6) is 0 Å². The van der Waals surface area contributed by atoms with E-state index in [2.05, 4.69) is 43.8 Å². The zero-order valence-corrected chi connectivity index (χ0v) is 13.7. The van der Waals surface area contributed by atoms with Crippen LogP contribution in [0.4, 0.5) is 0 Å². The molecule has 1 aliphatic carbocycles. The second-order valence-electron chi connectivity index (χ2n) is 6.90. The Kier molecular flexibility index (Phi) is 5.25. The average Bonchev–Trinajstić information content (AvgIpc) is 2.98. The van der Waals surface area contributed by atoms with E-state index in [-0.39, 0.29) is 0 Å². The van der Waals surface area contributed by atoms with Crippen molar-refractivity contribution in [3.05, 3.63) is 18.2 Å². The fourth-order valence-corrected chi connectivity index (χ4v) is 3.71. The van der Waals surface area contributed by atoms with E-state index >= 15 is 0 Å². The zero-order chi connectivity index (χ0) is 14.6. The first kappa shape index (κ1) is 15.6. The lowest BCUT2D eigenvalue weighted by Crippen LogP contribution is -2.36. The van der Waals surface area contributed by atoms with Crippen molar-refractivity contribution in [1.82, 2.24) is 14.9 Å². The predicted molar refractivity (Wildman–Crippen MR) is 84.7 cm³/mol. The Morgan fingerprint density at radius 3 is 2.80 bits per heavy atom. The van der Waals surface area contributed by atoms with Gasteiger partial charge in [-0.3, -0.25) is 0 Å². The number of hydrogen-bond acceptors (Lipinski definition) is 2. The summed E-state index contributed by atoms with van der Waals surface area (Å²) in [7, 11) is 0. The highest BCUT2D eigenvalue weighted by Gasteiger charge is 2.41. The normalized spacial score (nSPS) is 23.1. The van der Waals surface area contributed by atoms with Gasteiger partial charge in [-0.15, -0.1) is 0 Å².